The van der Waals surface area contributed by atoms with Gasteiger partial charge in [0.2, 0.25) is 10.0 Å². The molecule has 1 N–H and O–H groups in total. The van der Waals surface area contributed by atoms with E-state index >= 15 is 0 Å². The van der Waals surface area contributed by atoms with Crippen LogP contribution in [0.5, 0.6) is 0 Å². The number of amides is 1. The molecule has 1 aromatic carbocycles. The molecule has 2 atom stereocenters. The fourth-order valence-corrected chi connectivity index (χ4v) is 5.29. The Morgan fingerprint density at radius 3 is 2.46 bits per heavy atom. The maximum Gasteiger partial charge on any atom is 0.254 e. The highest BCUT2D eigenvalue weighted by atomic mass is 32.2. The molecular formula is C19H29N3O3S. The van der Waals surface area contributed by atoms with Crippen molar-refractivity contribution < 1.29 is 13.2 Å². The number of benzene rings is 1. The summed E-state index contributed by atoms with van der Waals surface area (Å²) >= 11 is 0. The highest BCUT2D eigenvalue weighted by molar-refractivity contribution is 7.89. The van der Waals surface area contributed by atoms with Gasteiger partial charge < -0.3 is 10.2 Å². The Morgan fingerprint density at radius 1 is 1.08 bits per heavy atom. The Balaban J connectivity index is 1.84. The van der Waals surface area contributed by atoms with Crippen molar-refractivity contribution in [3.8, 4) is 0 Å². The summed E-state index contributed by atoms with van der Waals surface area (Å²) in [5.74, 6) is -0.0984. The van der Waals surface area contributed by atoms with Crippen LogP contribution in [0.1, 0.15) is 49.9 Å². The van der Waals surface area contributed by atoms with Crippen molar-refractivity contribution in [2.24, 2.45) is 0 Å². The van der Waals surface area contributed by atoms with E-state index in [1.54, 1.807) is 28.6 Å². The van der Waals surface area contributed by atoms with Gasteiger partial charge in [-0.2, -0.15) is 4.31 Å². The Kier molecular flexibility index (Phi) is 5.99. The van der Waals surface area contributed by atoms with E-state index in [0.29, 0.717) is 25.2 Å². The molecule has 7 heteroatoms. The molecule has 0 radical (unpaired) electrons. The molecule has 2 unspecified atom stereocenters. The average molecular weight is 380 g/mol. The van der Waals surface area contributed by atoms with Crippen LogP contribution in [0.3, 0.4) is 0 Å². The van der Waals surface area contributed by atoms with Gasteiger partial charge in [0.25, 0.3) is 5.91 Å². The molecule has 144 valence electrons. The Labute approximate surface area is 156 Å². The SMILES string of the molecule is CC1NCCN(C(=O)c2cccc(S(=O)(=O)N3CCCCCC3)c2)C1C. The number of carbonyl (C=O) groups excluding carboxylic acids is 1. The maximum atomic E-state index is 13.0. The van der Waals surface area contributed by atoms with Crippen LogP contribution in [-0.4, -0.2) is 61.8 Å². The van der Waals surface area contributed by atoms with Crippen LogP contribution in [0.25, 0.3) is 0 Å². The van der Waals surface area contributed by atoms with E-state index in [2.05, 4.69) is 12.2 Å². The fourth-order valence-electron chi connectivity index (χ4n) is 3.73. The van der Waals surface area contributed by atoms with Gasteiger partial charge in [0, 0.05) is 43.8 Å². The predicted molar refractivity (Wildman–Crippen MR) is 102 cm³/mol. The molecule has 3 rings (SSSR count). The monoisotopic (exact) mass is 379 g/mol. The number of sulfonamides is 1. The lowest BCUT2D eigenvalue weighted by atomic mass is 10.1. The molecule has 0 aromatic heterocycles. The number of hydrogen-bond acceptors (Lipinski definition) is 4. The zero-order valence-corrected chi connectivity index (χ0v) is 16.5. The van der Waals surface area contributed by atoms with E-state index in [0.717, 1.165) is 32.2 Å². The first kappa shape index (κ1) is 19.3. The lowest BCUT2D eigenvalue weighted by Crippen LogP contribution is -2.57. The van der Waals surface area contributed by atoms with Gasteiger partial charge in [0.05, 0.1) is 4.90 Å². The van der Waals surface area contributed by atoms with Crippen LogP contribution in [-0.2, 0) is 10.0 Å². The molecule has 0 aliphatic carbocycles. The summed E-state index contributed by atoms with van der Waals surface area (Å²) in [5.41, 5.74) is 0.446. The standard InChI is InChI=1S/C19H29N3O3S/c1-15-16(2)22(13-10-20-15)19(23)17-8-7-9-18(14-17)26(24,25)21-11-5-3-4-6-12-21/h7-9,14-16,20H,3-6,10-13H2,1-2H3. The molecule has 2 aliphatic rings. The van der Waals surface area contributed by atoms with Gasteiger partial charge in [-0.25, -0.2) is 8.42 Å². The molecule has 0 saturated carbocycles. The second kappa shape index (κ2) is 8.06. The summed E-state index contributed by atoms with van der Waals surface area (Å²) in [6, 6.07) is 6.82. The molecule has 0 bridgehead atoms. The molecule has 0 spiro atoms. The van der Waals surface area contributed by atoms with Crippen molar-refractivity contribution in [1.82, 2.24) is 14.5 Å². The topological polar surface area (TPSA) is 69.7 Å². The first-order valence-corrected chi connectivity index (χ1v) is 11.0. The van der Waals surface area contributed by atoms with Gasteiger partial charge in [-0.1, -0.05) is 18.9 Å². The van der Waals surface area contributed by atoms with Crippen molar-refractivity contribution >= 4 is 15.9 Å². The normalized spacial score (nSPS) is 25.7. The number of carbonyl (C=O) groups is 1. The summed E-state index contributed by atoms with van der Waals surface area (Å²) in [4.78, 5) is 15.0. The fraction of sp³-hybridized carbons (Fsp3) is 0.632. The smallest absolute Gasteiger partial charge is 0.254 e. The molecule has 1 aromatic rings. The van der Waals surface area contributed by atoms with Gasteiger partial charge in [0.1, 0.15) is 0 Å². The van der Waals surface area contributed by atoms with Gasteiger partial charge in [-0.3, -0.25) is 4.79 Å². The maximum absolute atomic E-state index is 13.0. The van der Waals surface area contributed by atoms with Crippen molar-refractivity contribution in [2.75, 3.05) is 26.2 Å². The second-order valence-electron chi connectivity index (χ2n) is 7.33. The molecule has 2 aliphatic heterocycles. The van der Waals surface area contributed by atoms with E-state index in [1.807, 2.05) is 11.8 Å². The van der Waals surface area contributed by atoms with Crippen LogP contribution in [0.4, 0.5) is 0 Å². The van der Waals surface area contributed by atoms with Gasteiger partial charge in [-0.05, 0) is 44.9 Å². The van der Waals surface area contributed by atoms with E-state index in [9.17, 15) is 13.2 Å². The molecule has 2 fully saturated rings. The van der Waals surface area contributed by atoms with Crippen LogP contribution in [0.15, 0.2) is 29.2 Å². The van der Waals surface area contributed by atoms with Crippen LogP contribution >= 0.6 is 0 Å². The second-order valence-corrected chi connectivity index (χ2v) is 9.27. The number of nitrogens with zero attached hydrogens (tertiary/aromatic N) is 2. The molecule has 1 amide bonds. The molecule has 2 heterocycles. The Bertz CT molecular complexity index is 742. The van der Waals surface area contributed by atoms with Crippen LogP contribution in [0.2, 0.25) is 0 Å². The molecule has 2 saturated heterocycles. The zero-order chi connectivity index (χ0) is 18.7. The summed E-state index contributed by atoms with van der Waals surface area (Å²) in [6.07, 6.45) is 3.94. The highest BCUT2D eigenvalue weighted by Gasteiger charge is 2.30. The van der Waals surface area contributed by atoms with E-state index in [4.69, 9.17) is 0 Å². The van der Waals surface area contributed by atoms with E-state index in [-0.39, 0.29) is 22.9 Å². The lowest BCUT2D eigenvalue weighted by Gasteiger charge is -2.38. The summed E-state index contributed by atoms with van der Waals surface area (Å²) in [7, 11) is -3.55. The Hall–Kier alpha value is -1.44. The quantitative estimate of drug-likeness (QED) is 0.873. The average Bonchev–Trinajstić information content (AvgIpc) is 2.93. The van der Waals surface area contributed by atoms with Crippen molar-refractivity contribution in [3.05, 3.63) is 29.8 Å². The van der Waals surface area contributed by atoms with E-state index in [1.165, 1.54) is 0 Å². The minimum absolute atomic E-state index is 0.0714. The molecular weight excluding hydrogens is 350 g/mol. The Morgan fingerprint density at radius 2 is 1.77 bits per heavy atom. The summed E-state index contributed by atoms with van der Waals surface area (Å²) in [6.45, 7) is 6.59. The molecule has 26 heavy (non-hydrogen) atoms. The van der Waals surface area contributed by atoms with Crippen LogP contribution in [0, 0.1) is 0 Å². The third-order valence-electron chi connectivity index (χ3n) is 5.58. The summed E-state index contributed by atoms with van der Waals surface area (Å²) < 4.78 is 27.6. The first-order valence-electron chi connectivity index (χ1n) is 9.56. The van der Waals surface area contributed by atoms with Gasteiger partial charge >= 0.3 is 0 Å². The minimum atomic E-state index is -3.55. The van der Waals surface area contributed by atoms with Crippen molar-refractivity contribution in [3.63, 3.8) is 0 Å². The van der Waals surface area contributed by atoms with Gasteiger partial charge in [-0.15, -0.1) is 0 Å². The van der Waals surface area contributed by atoms with E-state index < -0.39 is 10.0 Å². The lowest BCUT2D eigenvalue weighted by molar-refractivity contribution is 0.0602. The van der Waals surface area contributed by atoms with Crippen molar-refractivity contribution in [1.29, 1.82) is 0 Å². The number of nitrogens with one attached hydrogen (secondary N) is 1. The third kappa shape index (κ3) is 3.94. The third-order valence-corrected chi connectivity index (χ3v) is 7.47. The van der Waals surface area contributed by atoms with Crippen molar-refractivity contribution in [2.45, 2.75) is 56.5 Å². The predicted octanol–water partition coefficient (Wildman–Crippen LogP) is 2.07. The van der Waals surface area contributed by atoms with Gasteiger partial charge in [0.15, 0.2) is 0 Å². The minimum Gasteiger partial charge on any atom is -0.333 e. The van der Waals surface area contributed by atoms with Crippen LogP contribution < -0.4 is 5.32 Å². The number of hydrogen-bond donors (Lipinski definition) is 1. The number of piperazine rings is 1. The highest BCUT2D eigenvalue weighted by Crippen LogP contribution is 2.22. The molecule has 6 nitrogen and oxygen atoms in total. The number of rotatable bonds is 3. The largest absolute Gasteiger partial charge is 0.333 e. The zero-order valence-electron chi connectivity index (χ0n) is 15.6. The summed E-state index contributed by atoms with van der Waals surface area (Å²) in [5, 5.41) is 3.36. The first-order chi connectivity index (χ1) is 12.4.